The first kappa shape index (κ1) is 14.3. The number of carbonyl (C=O) groups excluding carboxylic acids is 1. The number of rotatable bonds is 5. The van der Waals surface area contributed by atoms with Crippen LogP contribution in [0, 0.1) is 13.8 Å². The van der Waals surface area contributed by atoms with Crippen molar-refractivity contribution in [2.24, 2.45) is 0 Å². The fraction of sp³-hybridized carbons (Fsp3) is 0.278. The van der Waals surface area contributed by atoms with Crippen LogP contribution in [-0.4, -0.2) is 5.78 Å². The predicted octanol–water partition coefficient (Wildman–Crippen LogP) is 4.01. The molecule has 0 atom stereocenters. The molecule has 2 nitrogen and oxygen atoms in total. The first-order valence-electron chi connectivity index (χ1n) is 6.82. The molecule has 2 aromatic carbocycles. The lowest BCUT2D eigenvalue weighted by molar-refractivity contribution is -0.116. The Labute approximate surface area is 120 Å². The van der Waals surface area contributed by atoms with E-state index in [1.807, 2.05) is 24.3 Å². The third-order valence-electron chi connectivity index (χ3n) is 3.28. The van der Waals surface area contributed by atoms with E-state index in [-0.39, 0.29) is 5.78 Å². The number of Topliss-reactive ketones (excluding diaryl/α,β-unsaturated/α-hetero) is 1. The van der Waals surface area contributed by atoms with Gasteiger partial charge in [0.15, 0.2) is 0 Å². The van der Waals surface area contributed by atoms with E-state index in [9.17, 15) is 4.79 Å². The molecule has 0 spiro atoms. The summed E-state index contributed by atoms with van der Waals surface area (Å²) < 4.78 is 5.80. The smallest absolute Gasteiger partial charge is 0.134 e. The Hall–Kier alpha value is -2.09. The number of ketones is 1. The molecule has 0 radical (unpaired) electrons. The fourth-order valence-electron chi connectivity index (χ4n) is 2.11. The monoisotopic (exact) mass is 268 g/mol. The van der Waals surface area contributed by atoms with Gasteiger partial charge < -0.3 is 4.74 Å². The second kappa shape index (κ2) is 6.38. The van der Waals surface area contributed by atoms with Gasteiger partial charge in [-0.3, -0.25) is 4.79 Å². The first-order valence-corrected chi connectivity index (χ1v) is 6.82. The van der Waals surface area contributed by atoms with Crippen LogP contribution in [0.3, 0.4) is 0 Å². The van der Waals surface area contributed by atoms with Crippen LogP contribution in [0.4, 0.5) is 0 Å². The second-order valence-corrected chi connectivity index (χ2v) is 5.24. The molecule has 104 valence electrons. The van der Waals surface area contributed by atoms with Crippen molar-refractivity contribution >= 4 is 5.78 Å². The first-order chi connectivity index (χ1) is 9.54. The Kier molecular flexibility index (Phi) is 4.57. The molecule has 0 saturated carbocycles. The molecule has 0 amide bonds. The summed E-state index contributed by atoms with van der Waals surface area (Å²) in [5.41, 5.74) is 4.71. The molecule has 0 heterocycles. The Morgan fingerprint density at radius 1 is 1.05 bits per heavy atom. The quantitative estimate of drug-likeness (QED) is 0.819. The molecule has 0 N–H and O–H groups in total. The molecular formula is C18H20O2. The van der Waals surface area contributed by atoms with Crippen LogP contribution < -0.4 is 4.74 Å². The zero-order valence-electron chi connectivity index (χ0n) is 12.3. The topological polar surface area (TPSA) is 26.3 Å². The van der Waals surface area contributed by atoms with Gasteiger partial charge in [0.2, 0.25) is 0 Å². The van der Waals surface area contributed by atoms with Crippen LogP contribution >= 0.6 is 0 Å². The van der Waals surface area contributed by atoms with E-state index < -0.39 is 0 Å². The summed E-state index contributed by atoms with van der Waals surface area (Å²) in [5, 5.41) is 0. The van der Waals surface area contributed by atoms with Crippen LogP contribution in [0.25, 0.3) is 0 Å². The van der Waals surface area contributed by atoms with Crippen LogP contribution in [0.2, 0.25) is 0 Å². The molecule has 20 heavy (non-hydrogen) atoms. The van der Waals surface area contributed by atoms with E-state index in [0.717, 1.165) is 11.3 Å². The molecule has 0 unspecified atom stereocenters. The Morgan fingerprint density at radius 2 is 1.75 bits per heavy atom. The van der Waals surface area contributed by atoms with Crippen LogP contribution in [0.1, 0.15) is 29.2 Å². The number of hydrogen-bond acceptors (Lipinski definition) is 2. The van der Waals surface area contributed by atoms with E-state index in [0.29, 0.717) is 13.0 Å². The number of benzene rings is 2. The van der Waals surface area contributed by atoms with Crippen molar-refractivity contribution in [3.63, 3.8) is 0 Å². The lowest BCUT2D eigenvalue weighted by Gasteiger charge is -2.10. The molecule has 0 aliphatic carbocycles. The molecule has 2 aromatic rings. The van der Waals surface area contributed by atoms with Gasteiger partial charge in [-0.1, -0.05) is 35.9 Å². The summed E-state index contributed by atoms with van der Waals surface area (Å²) in [4.78, 5) is 11.0. The number of ether oxygens (including phenoxy) is 1. The molecule has 0 aliphatic heterocycles. The summed E-state index contributed by atoms with van der Waals surface area (Å²) in [5.74, 6) is 1.01. The van der Waals surface area contributed by atoms with Gasteiger partial charge in [0.05, 0.1) is 0 Å². The summed E-state index contributed by atoms with van der Waals surface area (Å²) in [6.45, 7) is 6.35. The van der Waals surface area contributed by atoms with Gasteiger partial charge in [-0.15, -0.1) is 0 Å². The summed E-state index contributed by atoms with van der Waals surface area (Å²) in [6.07, 6.45) is 0.483. The average Bonchev–Trinajstić information content (AvgIpc) is 2.41. The lowest BCUT2D eigenvalue weighted by atomic mass is 10.1. The van der Waals surface area contributed by atoms with Gasteiger partial charge in [-0.2, -0.15) is 0 Å². The third-order valence-corrected chi connectivity index (χ3v) is 3.28. The largest absolute Gasteiger partial charge is 0.489 e. The van der Waals surface area contributed by atoms with Gasteiger partial charge in [0.25, 0.3) is 0 Å². The van der Waals surface area contributed by atoms with Crippen LogP contribution in [0.5, 0.6) is 5.75 Å². The highest BCUT2D eigenvalue weighted by atomic mass is 16.5. The molecule has 2 heteroatoms. The summed E-state index contributed by atoms with van der Waals surface area (Å²) in [7, 11) is 0. The Bertz CT molecular complexity index is 597. The number of aryl methyl sites for hydroxylation is 2. The van der Waals surface area contributed by atoms with E-state index in [2.05, 4.69) is 32.0 Å². The van der Waals surface area contributed by atoms with Crippen molar-refractivity contribution in [3.05, 3.63) is 64.7 Å². The van der Waals surface area contributed by atoms with E-state index in [1.165, 1.54) is 16.7 Å². The van der Waals surface area contributed by atoms with Crippen molar-refractivity contribution in [1.29, 1.82) is 0 Å². The molecule has 2 rings (SSSR count). The van der Waals surface area contributed by atoms with Crippen molar-refractivity contribution in [2.75, 3.05) is 0 Å². The highest BCUT2D eigenvalue weighted by Crippen LogP contribution is 2.17. The molecule has 0 bridgehead atoms. The van der Waals surface area contributed by atoms with Crippen molar-refractivity contribution in [2.45, 2.75) is 33.8 Å². The van der Waals surface area contributed by atoms with Gasteiger partial charge in [-0.05, 0) is 49.6 Å². The van der Waals surface area contributed by atoms with Crippen molar-refractivity contribution in [1.82, 2.24) is 0 Å². The molecular weight excluding hydrogens is 248 g/mol. The van der Waals surface area contributed by atoms with Gasteiger partial charge in [0.1, 0.15) is 18.1 Å². The molecule has 0 fully saturated rings. The normalized spacial score (nSPS) is 10.3. The van der Waals surface area contributed by atoms with Crippen LogP contribution in [0.15, 0.2) is 42.5 Å². The third kappa shape index (κ3) is 3.95. The highest BCUT2D eigenvalue weighted by molar-refractivity contribution is 5.78. The maximum atomic E-state index is 11.0. The highest BCUT2D eigenvalue weighted by Gasteiger charge is 2.02. The maximum Gasteiger partial charge on any atom is 0.134 e. The van der Waals surface area contributed by atoms with Crippen molar-refractivity contribution < 1.29 is 9.53 Å². The minimum absolute atomic E-state index is 0.175. The Morgan fingerprint density at radius 3 is 2.40 bits per heavy atom. The zero-order valence-corrected chi connectivity index (χ0v) is 12.3. The second-order valence-electron chi connectivity index (χ2n) is 5.24. The minimum Gasteiger partial charge on any atom is -0.489 e. The SMILES string of the molecule is CC(=O)Cc1ccc(OCc2cc(C)ccc2C)cc1. The molecule has 0 saturated heterocycles. The van der Waals surface area contributed by atoms with E-state index >= 15 is 0 Å². The Balaban J connectivity index is 2.00. The van der Waals surface area contributed by atoms with Gasteiger partial charge in [-0.25, -0.2) is 0 Å². The maximum absolute atomic E-state index is 11.0. The molecule has 0 aromatic heterocycles. The lowest BCUT2D eigenvalue weighted by Crippen LogP contribution is -1.99. The standard InChI is InChI=1S/C18H20O2/c1-13-4-5-14(2)17(10-13)12-20-18-8-6-16(7-9-18)11-15(3)19/h4-10H,11-12H2,1-3H3. The molecule has 0 aliphatic rings. The fourth-order valence-corrected chi connectivity index (χ4v) is 2.11. The van der Waals surface area contributed by atoms with Gasteiger partial charge in [0, 0.05) is 6.42 Å². The van der Waals surface area contributed by atoms with Gasteiger partial charge >= 0.3 is 0 Å². The zero-order chi connectivity index (χ0) is 14.5. The van der Waals surface area contributed by atoms with Crippen molar-refractivity contribution in [3.8, 4) is 5.75 Å². The van der Waals surface area contributed by atoms with E-state index in [1.54, 1.807) is 6.92 Å². The number of hydrogen-bond donors (Lipinski definition) is 0. The minimum atomic E-state index is 0.175. The summed E-state index contributed by atoms with van der Waals surface area (Å²) >= 11 is 0. The number of carbonyl (C=O) groups is 1. The average molecular weight is 268 g/mol. The van der Waals surface area contributed by atoms with Crippen LogP contribution in [-0.2, 0) is 17.8 Å². The predicted molar refractivity (Wildman–Crippen MR) is 81.1 cm³/mol. The summed E-state index contributed by atoms with van der Waals surface area (Å²) in [6, 6.07) is 14.1. The van der Waals surface area contributed by atoms with E-state index in [4.69, 9.17) is 4.74 Å².